The second kappa shape index (κ2) is 10.6. The van der Waals surface area contributed by atoms with Crippen molar-refractivity contribution in [2.75, 3.05) is 39.5 Å². The molecule has 0 atom stereocenters. The van der Waals surface area contributed by atoms with Gasteiger partial charge in [-0.25, -0.2) is 4.98 Å². The Morgan fingerprint density at radius 1 is 0.967 bits per heavy atom. The molecule has 30 heavy (non-hydrogen) atoms. The Balaban J connectivity index is 1.30. The van der Waals surface area contributed by atoms with Gasteiger partial charge in [-0.2, -0.15) is 0 Å². The van der Waals surface area contributed by atoms with Crippen molar-refractivity contribution in [1.29, 1.82) is 0 Å². The predicted molar refractivity (Wildman–Crippen MR) is 121 cm³/mol. The summed E-state index contributed by atoms with van der Waals surface area (Å²) in [5.74, 6) is 2.18. The molecular weight excluding hydrogens is 374 g/mol. The lowest BCUT2D eigenvalue weighted by molar-refractivity contribution is 0.0374. The van der Waals surface area contributed by atoms with E-state index in [1.165, 1.54) is 16.9 Å². The first-order valence-corrected chi connectivity index (χ1v) is 11.2. The quantitative estimate of drug-likeness (QED) is 0.465. The number of fused-ring (bicyclic) bond motifs is 1. The van der Waals surface area contributed by atoms with Crippen LogP contribution in [0.2, 0.25) is 0 Å². The van der Waals surface area contributed by atoms with E-state index in [0.29, 0.717) is 0 Å². The zero-order chi connectivity index (χ0) is 20.6. The molecule has 1 fully saturated rings. The maximum Gasteiger partial charge on any atom is 0.119 e. The molecule has 0 spiro atoms. The van der Waals surface area contributed by atoms with Crippen molar-refractivity contribution >= 4 is 11.0 Å². The average molecular weight is 408 g/mol. The van der Waals surface area contributed by atoms with Crippen molar-refractivity contribution < 1.29 is 9.47 Å². The molecule has 0 unspecified atom stereocenters. The number of hydrogen-bond acceptors (Lipinski definition) is 4. The smallest absolute Gasteiger partial charge is 0.119 e. The highest BCUT2D eigenvalue weighted by Gasteiger charge is 2.13. The third-order valence-corrected chi connectivity index (χ3v) is 5.75. The van der Waals surface area contributed by atoms with E-state index in [4.69, 9.17) is 14.5 Å². The van der Waals surface area contributed by atoms with E-state index in [0.717, 1.165) is 82.9 Å². The third kappa shape index (κ3) is 5.61. The van der Waals surface area contributed by atoms with Gasteiger partial charge in [0.05, 0.1) is 30.9 Å². The minimum Gasteiger partial charge on any atom is -0.494 e. The van der Waals surface area contributed by atoms with Crippen molar-refractivity contribution in [2.24, 2.45) is 0 Å². The highest BCUT2D eigenvalue weighted by Crippen LogP contribution is 2.19. The van der Waals surface area contributed by atoms with Crippen LogP contribution >= 0.6 is 0 Å². The molecule has 0 amide bonds. The van der Waals surface area contributed by atoms with E-state index in [1.54, 1.807) is 0 Å². The Morgan fingerprint density at radius 2 is 1.83 bits per heavy atom. The Bertz CT molecular complexity index is 931. The van der Waals surface area contributed by atoms with E-state index in [-0.39, 0.29) is 0 Å². The number of imidazole rings is 1. The van der Waals surface area contributed by atoms with Crippen LogP contribution < -0.4 is 4.74 Å². The fourth-order valence-corrected chi connectivity index (χ4v) is 4.12. The monoisotopic (exact) mass is 407 g/mol. The number of ether oxygens (including phenoxy) is 2. The van der Waals surface area contributed by atoms with Gasteiger partial charge in [0, 0.05) is 26.1 Å². The zero-order valence-corrected chi connectivity index (χ0v) is 18.1. The van der Waals surface area contributed by atoms with Crippen LogP contribution in [0.5, 0.6) is 5.75 Å². The lowest BCUT2D eigenvalue weighted by Crippen LogP contribution is -2.37. The number of morpholine rings is 1. The molecular formula is C25H33N3O2. The second-order valence-corrected chi connectivity index (χ2v) is 8.10. The Kier molecular flexibility index (Phi) is 7.38. The largest absolute Gasteiger partial charge is 0.494 e. The van der Waals surface area contributed by atoms with Crippen LogP contribution in [0.1, 0.15) is 30.7 Å². The van der Waals surface area contributed by atoms with Crippen LogP contribution in [0.3, 0.4) is 0 Å². The van der Waals surface area contributed by atoms with Crippen molar-refractivity contribution in [2.45, 2.75) is 39.2 Å². The van der Waals surface area contributed by atoms with E-state index in [9.17, 15) is 0 Å². The van der Waals surface area contributed by atoms with Gasteiger partial charge >= 0.3 is 0 Å². The minimum absolute atomic E-state index is 0.752. The molecule has 4 rings (SSSR count). The van der Waals surface area contributed by atoms with Crippen LogP contribution in [-0.4, -0.2) is 53.9 Å². The summed E-state index contributed by atoms with van der Waals surface area (Å²) in [6.45, 7) is 8.79. The van der Waals surface area contributed by atoms with Gasteiger partial charge in [-0.3, -0.25) is 4.90 Å². The van der Waals surface area contributed by atoms with E-state index < -0.39 is 0 Å². The SMILES string of the molecule is Cc1cccc(OCCCCn2c(CCCN3CCOCC3)nc3ccccc32)c1. The summed E-state index contributed by atoms with van der Waals surface area (Å²) >= 11 is 0. The Morgan fingerprint density at radius 3 is 2.70 bits per heavy atom. The van der Waals surface area contributed by atoms with Gasteiger partial charge in [-0.1, -0.05) is 24.3 Å². The lowest BCUT2D eigenvalue weighted by Gasteiger charge is -2.26. The van der Waals surface area contributed by atoms with E-state index in [1.807, 2.05) is 12.1 Å². The predicted octanol–water partition coefficient (Wildman–Crippen LogP) is 4.47. The van der Waals surface area contributed by atoms with Crippen molar-refractivity contribution in [3.63, 3.8) is 0 Å². The molecule has 0 saturated carbocycles. The molecule has 3 aromatic rings. The first-order chi connectivity index (χ1) is 14.8. The summed E-state index contributed by atoms with van der Waals surface area (Å²) in [5.41, 5.74) is 3.59. The number of hydrogen-bond donors (Lipinski definition) is 0. The van der Waals surface area contributed by atoms with Crippen LogP contribution in [-0.2, 0) is 17.7 Å². The molecule has 0 aliphatic carbocycles. The van der Waals surface area contributed by atoms with Crippen LogP contribution in [0.4, 0.5) is 0 Å². The third-order valence-electron chi connectivity index (χ3n) is 5.75. The molecule has 0 N–H and O–H groups in total. The lowest BCUT2D eigenvalue weighted by atomic mass is 10.2. The molecule has 160 valence electrons. The first kappa shape index (κ1) is 20.9. The summed E-state index contributed by atoms with van der Waals surface area (Å²) in [6.07, 6.45) is 4.28. The Labute approximate surface area is 179 Å². The highest BCUT2D eigenvalue weighted by atomic mass is 16.5. The number of rotatable bonds is 10. The number of benzene rings is 2. The summed E-state index contributed by atoms with van der Waals surface area (Å²) in [6, 6.07) is 16.8. The summed E-state index contributed by atoms with van der Waals surface area (Å²) < 4.78 is 13.8. The van der Waals surface area contributed by atoms with Gasteiger partial charge < -0.3 is 14.0 Å². The highest BCUT2D eigenvalue weighted by molar-refractivity contribution is 5.75. The molecule has 1 aliphatic rings. The zero-order valence-electron chi connectivity index (χ0n) is 18.1. The first-order valence-electron chi connectivity index (χ1n) is 11.2. The second-order valence-electron chi connectivity index (χ2n) is 8.10. The van der Waals surface area contributed by atoms with Crippen LogP contribution in [0.15, 0.2) is 48.5 Å². The van der Waals surface area contributed by atoms with Gasteiger partial charge in [0.15, 0.2) is 0 Å². The molecule has 0 bridgehead atoms. The van der Waals surface area contributed by atoms with Crippen LogP contribution in [0, 0.1) is 6.92 Å². The standard InChI is InChI=1S/C25H33N3O2/c1-21-8-6-9-22(20-21)30-17-5-4-14-28-24-11-3-2-10-23(24)26-25(28)12-7-13-27-15-18-29-19-16-27/h2-3,6,8-11,20H,4-5,7,12-19H2,1H3. The Hall–Kier alpha value is -2.37. The van der Waals surface area contributed by atoms with Gasteiger partial charge in [0.25, 0.3) is 0 Å². The van der Waals surface area contributed by atoms with Gasteiger partial charge in [0.2, 0.25) is 0 Å². The number of nitrogens with zero attached hydrogens (tertiary/aromatic N) is 3. The summed E-state index contributed by atoms with van der Waals surface area (Å²) in [7, 11) is 0. The molecule has 2 aromatic carbocycles. The molecule has 1 aromatic heterocycles. The van der Waals surface area contributed by atoms with Gasteiger partial charge in [0.1, 0.15) is 11.6 Å². The average Bonchev–Trinajstić information content (AvgIpc) is 3.12. The number of aryl methyl sites for hydroxylation is 3. The van der Waals surface area contributed by atoms with Gasteiger partial charge in [-0.15, -0.1) is 0 Å². The van der Waals surface area contributed by atoms with Crippen LogP contribution in [0.25, 0.3) is 11.0 Å². The summed E-state index contributed by atoms with van der Waals surface area (Å²) in [4.78, 5) is 7.44. The molecule has 0 radical (unpaired) electrons. The van der Waals surface area contributed by atoms with Crippen molar-refractivity contribution in [3.05, 3.63) is 59.9 Å². The molecule has 1 saturated heterocycles. The number of aromatic nitrogens is 2. The fraction of sp³-hybridized carbons (Fsp3) is 0.480. The van der Waals surface area contributed by atoms with Crippen molar-refractivity contribution in [3.8, 4) is 5.75 Å². The fourth-order valence-electron chi connectivity index (χ4n) is 4.12. The topological polar surface area (TPSA) is 39.5 Å². The van der Waals surface area contributed by atoms with E-state index >= 15 is 0 Å². The number of para-hydroxylation sites is 2. The molecule has 5 nitrogen and oxygen atoms in total. The maximum absolute atomic E-state index is 5.92. The summed E-state index contributed by atoms with van der Waals surface area (Å²) in [5, 5.41) is 0. The number of unbranched alkanes of at least 4 members (excludes halogenated alkanes) is 1. The molecule has 2 heterocycles. The minimum atomic E-state index is 0.752. The maximum atomic E-state index is 5.92. The molecule has 5 heteroatoms. The molecule has 1 aliphatic heterocycles. The van der Waals surface area contributed by atoms with Crippen molar-refractivity contribution in [1.82, 2.24) is 14.5 Å². The van der Waals surface area contributed by atoms with Gasteiger partial charge in [-0.05, 0) is 62.6 Å². The van der Waals surface area contributed by atoms with E-state index in [2.05, 4.69) is 52.8 Å². The normalized spacial score (nSPS) is 15.0.